The lowest BCUT2D eigenvalue weighted by Gasteiger charge is -2.21. The van der Waals surface area contributed by atoms with E-state index in [9.17, 15) is 4.39 Å². The van der Waals surface area contributed by atoms with Gasteiger partial charge in [0, 0.05) is 32.8 Å². The fourth-order valence-corrected chi connectivity index (χ4v) is 2.59. The molecule has 4 heteroatoms. The lowest BCUT2D eigenvalue weighted by atomic mass is 10.2. The molecular weight excluding hydrogens is 255 g/mol. The van der Waals surface area contributed by atoms with E-state index in [1.54, 1.807) is 12.1 Å². The maximum atomic E-state index is 12.9. The second-order valence-electron chi connectivity index (χ2n) is 5.29. The Kier molecular flexibility index (Phi) is 6.43. The molecule has 20 heavy (non-hydrogen) atoms. The Labute approximate surface area is 121 Å². The predicted molar refractivity (Wildman–Crippen MR) is 79.2 cm³/mol. The van der Waals surface area contributed by atoms with Crippen LogP contribution in [-0.4, -0.2) is 55.7 Å². The van der Waals surface area contributed by atoms with E-state index >= 15 is 0 Å². The Bertz CT molecular complexity index is 383. The van der Waals surface area contributed by atoms with E-state index in [0.717, 1.165) is 52.5 Å². The van der Waals surface area contributed by atoms with Crippen molar-refractivity contribution < 1.29 is 9.13 Å². The zero-order valence-electron chi connectivity index (χ0n) is 12.4. The van der Waals surface area contributed by atoms with Gasteiger partial charge >= 0.3 is 0 Å². The van der Waals surface area contributed by atoms with Gasteiger partial charge in [-0.15, -0.1) is 0 Å². The van der Waals surface area contributed by atoms with E-state index < -0.39 is 0 Å². The largest absolute Gasteiger partial charge is 0.380 e. The van der Waals surface area contributed by atoms with Gasteiger partial charge in [-0.25, -0.2) is 4.39 Å². The van der Waals surface area contributed by atoms with Gasteiger partial charge in [-0.2, -0.15) is 0 Å². The molecule has 0 saturated carbocycles. The second-order valence-corrected chi connectivity index (χ2v) is 5.29. The van der Waals surface area contributed by atoms with Crippen LogP contribution in [0.3, 0.4) is 0 Å². The quantitative estimate of drug-likeness (QED) is 0.744. The molecule has 0 amide bonds. The zero-order chi connectivity index (χ0) is 14.2. The average molecular weight is 280 g/mol. The van der Waals surface area contributed by atoms with Crippen molar-refractivity contribution in [1.82, 2.24) is 9.80 Å². The fraction of sp³-hybridized carbons (Fsp3) is 0.625. The molecule has 1 aliphatic heterocycles. The normalized spacial score (nSPS) is 18.1. The lowest BCUT2D eigenvalue weighted by molar-refractivity contribution is 0.114. The van der Waals surface area contributed by atoms with Gasteiger partial charge in [-0.3, -0.25) is 9.80 Å². The van der Waals surface area contributed by atoms with Crippen molar-refractivity contribution in [2.24, 2.45) is 0 Å². The number of halogens is 1. The van der Waals surface area contributed by atoms with Crippen molar-refractivity contribution in [2.45, 2.75) is 19.9 Å². The summed E-state index contributed by atoms with van der Waals surface area (Å²) in [7, 11) is 0. The maximum absolute atomic E-state index is 12.9. The Hall–Kier alpha value is -0.970. The van der Waals surface area contributed by atoms with Crippen LogP contribution in [0.1, 0.15) is 18.9 Å². The molecule has 1 heterocycles. The highest BCUT2D eigenvalue weighted by molar-refractivity contribution is 5.15. The molecule has 0 aromatic heterocycles. The van der Waals surface area contributed by atoms with Gasteiger partial charge in [0.2, 0.25) is 0 Å². The number of rotatable bonds is 6. The van der Waals surface area contributed by atoms with Gasteiger partial charge in [-0.05, 0) is 44.1 Å². The molecule has 0 unspecified atom stereocenters. The minimum Gasteiger partial charge on any atom is -0.380 e. The molecule has 0 N–H and O–H groups in total. The van der Waals surface area contributed by atoms with Crippen molar-refractivity contribution in [3.63, 3.8) is 0 Å². The number of hydrogen-bond donors (Lipinski definition) is 0. The molecule has 0 bridgehead atoms. The van der Waals surface area contributed by atoms with Crippen LogP contribution in [0, 0.1) is 5.82 Å². The molecule has 0 atom stereocenters. The Balaban J connectivity index is 1.76. The molecule has 3 nitrogen and oxygen atoms in total. The zero-order valence-corrected chi connectivity index (χ0v) is 12.4. The highest BCUT2D eigenvalue weighted by Gasteiger charge is 2.14. The summed E-state index contributed by atoms with van der Waals surface area (Å²) >= 11 is 0. The van der Waals surface area contributed by atoms with Crippen LogP contribution in [0.4, 0.5) is 4.39 Å². The van der Waals surface area contributed by atoms with E-state index in [1.807, 2.05) is 19.1 Å². The first-order valence-electron chi connectivity index (χ1n) is 7.55. The van der Waals surface area contributed by atoms with Gasteiger partial charge in [0.05, 0.1) is 6.61 Å². The van der Waals surface area contributed by atoms with Crippen molar-refractivity contribution in [3.05, 3.63) is 35.6 Å². The van der Waals surface area contributed by atoms with Crippen LogP contribution in [0.15, 0.2) is 24.3 Å². The van der Waals surface area contributed by atoms with E-state index in [2.05, 4.69) is 9.80 Å². The predicted octanol–water partition coefficient (Wildman–Crippen LogP) is 2.37. The van der Waals surface area contributed by atoms with Gasteiger partial charge < -0.3 is 4.74 Å². The standard InChI is InChI=1S/C16H25FN2O/c1-2-20-13-12-18-8-3-9-19(11-10-18)14-15-4-6-16(17)7-5-15/h4-7H,2-3,8-14H2,1H3. The number of benzene rings is 1. The van der Waals surface area contributed by atoms with Gasteiger partial charge in [-0.1, -0.05) is 12.1 Å². The summed E-state index contributed by atoms with van der Waals surface area (Å²) in [5.41, 5.74) is 1.19. The highest BCUT2D eigenvalue weighted by atomic mass is 19.1. The number of nitrogens with zero attached hydrogens (tertiary/aromatic N) is 2. The molecule has 1 aliphatic rings. The Morgan fingerprint density at radius 3 is 2.50 bits per heavy atom. The van der Waals surface area contributed by atoms with Crippen molar-refractivity contribution in [1.29, 1.82) is 0 Å². The first-order chi connectivity index (χ1) is 9.78. The molecule has 1 saturated heterocycles. The first kappa shape index (κ1) is 15.4. The third-order valence-corrected chi connectivity index (χ3v) is 3.76. The van der Waals surface area contributed by atoms with Crippen LogP contribution in [0.25, 0.3) is 0 Å². The minimum atomic E-state index is -0.160. The van der Waals surface area contributed by atoms with Crippen LogP contribution in [0.5, 0.6) is 0 Å². The molecule has 112 valence electrons. The van der Waals surface area contributed by atoms with E-state index in [0.29, 0.717) is 0 Å². The van der Waals surface area contributed by atoms with Crippen molar-refractivity contribution in [3.8, 4) is 0 Å². The van der Waals surface area contributed by atoms with Gasteiger partial charge in [0.25, 0.3) is 0 Å². The Morgan fingerprint density at radius 2 is 1.75 bits per heavy atom. The smallest absolute Gasteiger partial charge is 0.123 e. The van der Waals surface area contributed by atoms with E-state index in [1.165, 1.54) is 12.0 Å². The minimum absolute atomic E-state index is 0.160. The van der Waals surface area contributed by atoms with Gasteiger partial charge in [0.15, 0.2) is 0 Å². The highest BCUT2D eigenvalue weighted by Crippen LogP contribution is 2.10. The number of hydrogen-bond acceptors (Lipinski definition) is 3. The van der Waals surface area contributed by atoms with Crippen LogP contribution >= 0.6 is 0 Å². The molecule has 1 aromatic rings. The monoisotopic (exact) mass is 280 g/mol. The summed E-state index contributed by atoms with van der Waals surface area (Å²) in [6.07, 6.45) is 1.19. The van der Waals surface area contributed by atoms with E-state index in [-0.39, 0.29) is 5.82 Å². The van der Waals surface area contributed by atoms with Crippen molar-refractivity contribution >= 4 is 0 Å². The van der Waals surface area contributed by atoms with Crippen LogP contribution in [0.2, 0.25) is 0 Å². The molecule has 1 aromatic carbocycles. The first-order valence-corrected chi connectivity index (χ1v) is 7.55. The Morgan fingerprint density at radius 1 is 1.05 bits per heavy atom. The third-order valence-electron chi connectivity index (χ3n) is 3.76. The summed E-state index contributed by atoms with van der Waals surface area (Å²) in [4.78, 5) is 4.92. The molecule has 1 fully saturated rings. The summed E-state index contributed by atoms with van der Waals surface area (Å²) in [6, 6.07) is 6.85. The lowest BCUT2D eigenvalue weighted by Crippen LogP contribution is -2.32. The van der Waals surface area contributed by atoms with Crippen molar-refractivity contribution in [2.75, 3.05) is 45.9 Å². The summed E-state index contributed by atoms with van der Waals surface area (Å²) in [6.45, 7) is 10.0. The number of ether oxygens (including phenoxy) is 1. The molecule has 0 aliphatic carbocycles. The topological polar surface area (TPSA) is 15.7 Å². The summed E-state index contributed by atoms with van der Waals surface area (Å²) in [5.74, 6) is -0.160. The molecular formula is C16H25FN2O. The summed E-state index contributed by atoms with van der Waals surface area (Å²) < 4.78 is 18.3. The molecule has 0 radical (unpaired) electrons. The van der Waals surface area contributed by atoms with E-state index in [4.69, 9.17) is 4.74 Å². The fourth-order valence-electron chi connectivity index (χ4n) is 2.59. The van der Waals surface area contributed by atoms with Gasteiger partial charge in [0.1, 0.15) is 5.82 Å². The van der Waals surface area contributed by atoms with Crippen LogP contribution < -0.4 is 0 Å². The average Bonchev–Trinajstić information content (AvgIpc) is 2.67. The third kappa shape index (κ3) is 5.19. The second kappa shape index (κ2) is 8.35. The SMILES string of the molecule is CCOCCN1CCCN(Cc2ccc(F)cc2)CC1. The maximum Gasteiger partial charge on any atom is 0.123 e. The summed E-state index contributed by atoms with van der Waals surface area (Å²) in [5, 5.41) is 0. The molecule has 0 spiro atoms. The van der Waals surface area contributed by atoms with Crippen LogP contribution in [-0.2, 0) is 11.3 Å². The molecule has 2 rings (SSSR count).